The van der Waals surface area contributed by atoms with Gasteiger partial charge in [0.2, 0.25) is 0 Å². The van der Waals surface area contributed by atoms with Gasteiger partial charge < -0.3 is 14.7 Å². The quantitative estimate of drug-likeness (QED) is 0.904. The summed E-state index contributed by atoms with van der Waals surface area (Å²) in [6.45, 7) is 2.64. The van der Waals surface area contributed by atoms with Crippen LogP contribution >= 0.6 is 0 Å². The normalized spacial score (nSPS) is 21.5. The van der Waals surface area contributed by atoms with Crippen molar-refractivity contribution in [3.63, 3.8) is 0 Å². The SMILES string of the molecule is CCC1(C(=O)O)CCCN1C(=O)c1ccccc1COC. The molecule has 0 aromatic heterocycles. The molecule has 5 nitrogen and oxygen atoms in total. The number of hydrogen-bond acceptors (Lipinski definition) is 3. The van der Waals surface area contributed by atoms with E-state index in [1.807, 2.05) is 19.1 Å². The molecule has 1 heterocycles. The van der Waals surface area contributed by atoms with Crippen molar-refractivity contribution in [3.8, 4) is 0 Å². The smallest absolute Gasteiger partial charge is 0.329 e. The Morgan fingerprint density at radius 2 is 2.10 bits per heavy atom. The molecule has 1 amide bonds. The van der Waals surface area contributed by atoms with Gasteiger partial charge in [-0.2, -0.15) is 0 Å². The zero-order valence-corrected chi connectivity index (χ0v) is 12.5. The minimum absolute atomic E-state index is 0.218. The third-order valence-electron chi connectivity index (χ3n) is 4.26. The number of nitrogens with zero attached hydrogens (tertiary/aromatic N) is 1. The van der Waals surface area contributed by atoms with Crippen LogP contribution in [0.15, 0.2) is 24.3 Å². The maximum absolute atomic E-state index is 12.8. The number of amides is 1. The first-order valence-corrected chi connectivity index (χ1v) is 7.19. The first-order valence-electron chi connectivity index (χ1n) is 7.19. The van der Waals surface area contributed by atoms with Crippen molar-refractivity contribution >= 4 is 11.9 Å². The van der Waals surface area contributed by atoms with Crippen LogP contribution in [0, 0.1) is 0 Å². The Bertz CT molecular complexity index is 543. The summed E-state index contributed by atoms with van der Waals surface area (Å²) in [6.07, 6.45) is 1.65. The van der Waals surface area contributed by atoms with Crippen LogP contribution in [0.2, 0.25) is 0 Å². The summed E-state index contributed by atoms with van der Waals surface area (Å²) < 4.78 is 5.12. The molecule has 0 spiro atoms. The molecule has 1 N–H and O–H groups in total. The molecule has 0 bridgehead atoms. The third kappa shape index (κ3) is 2.65. The fraction of sp³-hybridized carbons (Fsp3) is 0.500. The van der Waals surface area contributed by atoms with E-state index < -0.39 is 11.5 Å². The minimum atomic E-state index is -1.07. The highest BCUT2D eigenvalue weighted by Gasteiger charge is 2.48. The van der Waals surface area contributed by atoms with Crippen LogP contribution in [0.25, 0.3) is 0 Å². The first-order chi connectivity index (χ1) is 10.1. The number of rotatable bonds is 5. The molecule has 2 rings (SSSR count). The highest BCUT2D eigenvalue weighted by Crippen LogP contribution is 2.34. The average molecular weight is 291 g/mol. The predicted molar refractivity (Wildman–Crippen MR) is 78.1 cm³/mol. The Labute approximate surface area is 124 Å². The van der Waals surface area contributed by atoms with Gasteiger partial charge in [0.1, 0.15) is 5.54 Å². The summed E-state index contributed by atoms with van der Waals surface area (Å²) in [6, 6.07) is 7.20. The van der Waals surface area contributed by atoms with Crippen LogP contribution in [-0.2, 0) is 16.1 Å². The van der Waals surface area contributed by atoms with Crippen molar-refractivity contribution in [2.75, 3.05) is 13.7 Å². The van der Waals surface area contributed by atoms with E-state index in [4.69, 9.17) is 4.74 Å². The monoisotopic (exact) mass is 291 g/mol. The Kier molecular flexibility index (Phi) is 4.63. The van der Waals surface area contributed by atoms with Crippen molar-refractivity contribution in [3.05, 3.63) is 35.4 Å². The van der Waals surface area contributed by atoms with E-state index >= 15 is 0 Å². The van der Waals surface area contributed by atoms with Gasteiger partial charge in [-0.05, 0) is 30.9 Å². The molecule has 1 aliphatic rings. The first kappa shape index (κ1) is 15.5. The number of methoxy groups -OCH3 is 1. The van der Waals surface area contributed by atoms with E-state index in [2.05, 4.69) is 0 Å². The third-order valence-corrected chi connectivity index (χ3v) is 4.26. The van der Waals surface area contributed by atoms with E-state index in [1.165, 1.54) is 4.90 Å². The highest BCUT2D eigenvalue weighted by atomic mass is 16.5. The molecular weight excluding hydrogens is 270 g/mol. The molecule has 1 aliphatic heterocycles. The Hall–Kier alpha value is -1.88. The Morgan fingerprint density at radius 1 is 1.38 bits per heavy atom. The molecule has 1 fully saturated rings. The van der Waals surface area contributed by atoms with Gasteiger partial charge in [0.05, 0.1) is 6.61 Å². The largest absolute Gasteiger partial charge is 0.479 e. The van der Waals surface area contributed by atoms with Gasteiger partial charge in [0.25, 0.3) is 5.91 Å². The zero-order valence-electron chi connectivity index (χ0n) is 12.5. The molecule has 1 unspecified atom stereocenters. The van der Waals surface area contributed by atoms with E-state index in [-0.39, 0.29) is 5.91 Å². The summed E-state index contributed by atoms with van der Waals surface area (Å²) in [5, 5.41) is 9.58. The lowest BCUT2D eigenvalue weighted by molar-refractivity contribution is -0.148. The van der Waals surface area contributed by atoms with Crippen molar-refractivity contribution in [2.45, 2.75) is 38.3 Å². The van der Waals surface area contributed by atoms with Crippen molar-refractivity contribution in [2.24, 2.45) is 0 Å². The molecule has 0 radical (unpaired) electrons. The number of carboxylic acids is 1. The van der Waals surface area contributed by atoms with Gasteiger partial charge in [-0.3, -0.25) is 4.79 Å². The van der Waals surface area contributed by atoms with E-state index in [9.17, 15) is 14.7 Å². The van der Waals surface area contributed by atoms with Crippen LogP contribution in [0.1, 0.15) is 42.1 Å². The molecule has 1 aromatic carbocycles. The van der Waals surface area contributed by atoms with Crippen LogP contribution in [-0.4, -0.2) is 41.1 Å². The number of hydrogen-bond donors (Lipinski definition) is 1. The average Bonchev–Trinajstić information content (AvgIpc) is 2.92. The van der Waals surface area contributed by atoms with Crippen LogP contribution in [0.5, 0.6) is 0 Å². The topological polar surface area (TPSA) is 66.8 Å². The second-order valence-corrected chi connectivity index (χ2v) is 5.34. The summed E-state index contributed by atoms with van der Waals surface area (Å²) in [5.41, 5.74) is 0.240. The number of likely N-dealkylation sites (tertiary alicyclic amines) is 1. The van der Waals surface area contributed by atoms with Crippen molar-refractivity contribution in [1.82, 2.24) is 4.90 Å². The molecule has 0 saturated carbocycles. The van der Waals surface area contributed by atoms with Gasteiger partial charge in [-0.25, -0.2) is 4.79 Å². The zero-order chi connectivity index (χ0) is 15.5. The molecular formula is C16H21NO4. The minimum Gasteiger partial charge on any atom is -0.479 e. The molecule has 5 heteroatoms. The molecule has 114 valence electrons. The van der Waals surface area contributed by atoms with Gasteiger partial charge in [0.15, 0.2) is 0 Å². The standard InChI is InChI=1S/C16H21NO4/c1-3-16(15(19)20)9-6-10-17(16)14(18)13-8-5-4-7-12(13)11-21-2/h4-5,7-8H,3,6,9-11H2,1-2H3,(H,19,20). The predicted octanol–water partition coefficient (Wildman–Crippen LogP) is 2.30. The lowest BCUT2D eigenvalue weighted by atomic mass is 9.92. The number of ether oxygens (including phenoxy) is 1. The Morgan fingerprint density at radius 3 is 2.71 bits per heavy atom. The number of aliphatic carboxylic acids is 1. The van der Waals surface area contributed by atoms with Crippen molar-refractivity contribution < 1.29 is 19.4 Å². The van der Waals surface area contributed by atoms with Gasteiger partial charge in [-0.1, -0.05) is 25.1 Å². The maximum Gasteiger partial charge on any atom is 0.329 e. The van der Waals surface area contributed by atoms with E-state index in [0.29, 0.717) is 31.6 Å². The molecule has 1 saturated heterocycles. The number of benzene rings is 1. The van der Waals surface area contributed by atoms with Crippen LogP contribution < -0.4 is 0 Å². The second-order valence-electron chi connectivity index (χ2n) is 5.34. The van der Waals surface area contributed by atoms with Crippen molar-refractivity contribution in [1.29, 1.82) is 0 Å². The fourth-order valence-electron chi connectivity index (χ4n) is 3.07. The number of carbonyl (C=O) groups is 2. The summed E-state index contributed by atoms with van der Waals surface area (Å²) in [4.78, 5) is 26.0. The van der Waals surface area contributed by atoms with Crippen LogP contribution in [0.3, 0.4) is 0 Å². The summed E-state index contributed by atoms with van der Waals surface area (Å²) in [5.74, 6) is -1.13. The Balaban J connectivity index is 2.37. The molecule has 1 atom stereocenters. The highest BCUT2D eigenvalue weighted by molar-refractivity contribution is 5.99. The lowest BCUT2D eigenvalue weighted by Gasteiger charge is -2.34. The van der Waals surface area contributed by atoms with Gasteiger partial charge in [0, 0.05) is 19.2 Å². The second kappa shape index (κ2) is 6.26. The van der Waals surface area contributed by atoms with E-state index in [1.54, 1.807) is 19.2 Å². The summed E-state index contributed by atoms with van der Waals surface area (Å²) in [7, 11) is 1.57. The lowest BCUT2D eigenvalue weighted by Crippen LogP contribution is -2.52. The van der Waals surface area contributed by atoms with E-state index in [0.717, 1.165) is 12.0 Å². The van der Waals surface area contributed by atoms with Crippen LogP contribution in [0.4, 0.5) is 0 Å². The van der Waals surface area contributed by atoms with Gasteiger partial charge >= 0.3 is 5.97 Å². The maximum atomic E-state index is 12.8. The number of carboxylic acid groups (broad SMARTS) is 1. The molecule has 1 aromatic rings. The number of carbonyl (C=O) groups excluding carboxylic acids is 1. The fourth-order valence-corrected chi connectivity index (χ4v) is 3.07. The summed E-state index contributed by atoms with van der Waals surface area (Å²) >= 11 is 0. The molecule has 21 heavy (non-hydrogen) atoms. The molecule has 0 aliphatic carbocycles. The van der Waals surface area contributed by atoms with Gasteiger partial charge in [-0.15, -0.1) is 0 Å².